The Bertz CT molecular complexity index is 158. The number of aliphatic hydroxyl groups is 1. The topological polar surface area (TPSA) is 37.3 Å². The fourth-order valence-electron chi connectivity index (χ4n) is 1.57. The summed E-state index contributed by atoms with van der Waals surface area (Å²) in [5, 5.41) is 9.40. The summed E-state index contributed by atoms with van der Waals surface area (Å²) in [6.45, 7) is 3.66. The molecule has 1 aliphatic carbocycles. The summed E-state index contributed by atoms with van der Waals surface area (Å²) in [6, 6.07) is 0. The second kappa shape index (κ2) is 3.56. The largest absolute Gasteiger partial charge is 0.390 e. The molecule has 70 valence electrons. The van der Waals surface area contributed by atoms with Gasteiger partial charge in [0.2, 0.25) is 0 Å². The van der Waals surface area contributed by atoms with Crippen LogP contribution < -0.4 is 0 Å². The van der Waals surface area contributed by atoms with Crippen LogP contribution in [0, 0.1) is 11.8 Å². The molecular weight excluding hydrogens is 152 g/mol. The monoisotopic (exact) mass is 170 g/mol. The van der Waals surface area contributed by atoms with Crippen LogP contribution in [0.4, 0.5) is 0 Å². The Kier molecular flexibility index (Phi) is 2.89. The van der Waals surface area contributed by atoms with Crippen molar-refractivity contribution in [3.05, 3.63) is 0 Å². The molecule has 0 bridgehead atoms. The number of hydrogen-bond donors (Lipinski definition) is 1. The maximum atomic E-state index is 10.3. The van der Waals surface area contributed by atoms with Crippen molar-refractivity contribution in [2.45, 2.75) is 45.1 Å². The van der Waals surface area contributed by atoms with E-state index in [1.54, 1.807) is 0 Å². The Hall–Kier alpha value is -0.370. The Balaban J connectivity index is 2.01. The molecule has 0 saturated heterocycles. The number of rotatable bonds is 5. The van der Waals surface area contributed by atoms with Crippen LogP contribution >= 0.6 is 0 Å². The summed E-state index contributed by atoms with van der Waals surface area (Å²) in [4.78, 5) is 10.3. The second-order valence-corrected chi connectivity index (χ2v) is 4.50. The number of carbonyl (C=O) groups excluding carboxylic acids is 1. The van der Waals surface area contributed by atoms with Crippen molar-refractivity contribution in [2.75, 3.05) is 0 Å². The standard InChI is InChI=1S/C10H18O2/c1-10(2,12)5-3-4-8-6-9(8)7-11/h7-9,12H,3-6H2,1-2H3. The zero-order valence-corrected chi connectivity index (χ0v) is 7.92. The van der Waals surface area contributed by atoms with Gasteiger partial charge in [-0.05, 0) is 39.0 Å². The molecule has 0 aromatic rings. The van der Waals surface area contributed by atoms with Crippen LogP contribution in [0.15, 0.2) is 0 Å². The van der Waals surface area contributed by atoms with Crippen molar-refractivity contribution in [2.24, 2.45) is 11.8 Å². The zero-order chi connectivity index (χ0) is 9.19. The van der Waals surface area contributed by atoms with Gasteiger partial charge in [-0.2, -0.15) is 0 Å². The summed E-state index contributed by atoms with van der Waals surface area (Å²) in [7, 11) is 0. The summed E-state index contributed by atoms with van der Waals surface area (Å²) >= 11 is 0. The molecule has 0 aromatic heterocycles. The van der Waals surface area contributed by atoms with Crippen LogP contribution in [-0.2, 0) is 4.79 Å². The van der Waals surface area contributed by atoms with Crippen molar-refractivity contribution in [1.82, 2.24) is 0 Å². The van der Waals surface area contributed by atoms with Crippen LogP contribution in [0.5, 0.6) is 0 Å². The molecule has 1 N–H and O–H groups in total. The van der Waals surface area contributed by atoms with E-state index in [2.05, 4.69) is 0 Å². The average Bonchev–Trinajstić information content (AvgIpc) is 2.64. The Labute approximate surface area is 74.0 Å². The number of hydrogen-bond acceptors (Lipinski definition) is 2. The van der Waals surface area contributed by atoms with Crippen LogP contribution in [0.25, 0.3) is 0 Å². The lowest BCUT2D eigenvalue weighted by atomic mass is 10.00. The molecule has 2 nitrogen and oxygen atoms in total. The minimum absolute atomic E-state index is 0.340. The molecule has 0 radical (unpaired) electrons. The van der Waals surface area contributed by atoms with E-state index in [1.807, 2.05) is 13.8 Å². The predicted octanol–water partition coefficient (Wildman–Crippen LogP) is 1.76. The highest BCUT2D eigenvalue weighted by Crippen LogP contribution is 2.40. The first-order valence-corrected chi connectivity index (χ1v) is 4.70. The summed E-state index contributed by atoms with van der Waals surface area (Å²) in [5.41, 5.74) is -0.536. The van der Waals surface area contributed by atoms with Gasteiger partial charge in [0.15, 0.2) is 0 Å². The van der Waals surface area contributed by atoms with Crippen molar-refractivity contribution < 1.29 is 9.90 Å². The smallest absolute Gasteiger partial charge is 0.123 e. The van der Waals surface area contributed by atoms with Gasteiger partial charge in [-0.25, -0.2) is 0 Å². The molecule has 1 aliphatic rings. The lowest BCUT2D eigenvalue weighted by molar-refractivity contribution is -0.109. The molecule has 12 heavy (non-hydrogen) atoms. The molecule has 2 unspecified atom stereocenters. The Morgan fingerprint density at radius 3 is 2.67 bits per heavy atom. The van der Waals surface area contributed by atoms with Gasteiger partial charge < -0.3 is 9.90 Å². The summed E-state index contributed by atoms with van der Waals surface area (Å²) in [6.07, 6.45) is 5.13. The molecule has 1 fully saturated rings. The first-order chi connectivity index (χ1) is 5.53. The SMILES string of the molecule is CC(C)(O)CCCC1CC1C=O. The van der Waals surface area contributed by atoms with Gasteiger partial charge in [0.1, 0.15) is 6.29 Å². The van der Waals surface area contributed by atoms with Gasteiger partial charge in [-0.3, -0.25) is 0 Å². The molecule has 1 saturated carbocycles. The maximum absolute atomic E-state index is 10.3. The lowest BCUT2D eigenvalue weighted by Crippen LogP contribution is -2.17. The quantitative estimate of drug-likeness (QED) is 0.638. The van der Waals surface area contributed by atoms with E-state index >= 15 is 0 Å². The van der Waals surface area contributed by atoms with E-state index in [4.69, 9.17) is 0 Å². The maximum Gasteiger partial charge on any atom is 0.123 e. The van der Waals surface area contributed by atoms with E-state index in [9.17, 15) is 9.90 Å². The van der Waals surface area contributed by atoms with Crippen molar-refractivity contribution in [1.29, 1.82) is 0 Å². The normalized spacial score (nSPS) is 28.6. The van der Waals surface area contributed by atoms with Gasteiger partial charge in [0.25, 0.3) is 0 Å². The van der Waals surface area contributed by atoms with Crippen LogP contribution in [0.3, 0.4) is 0 Å². The molecule has 2 atom stereocenters. The van der Waals surface area contributed by atoms with Gasteiger partial charge in [-0.1, -0.05) is 6.42 Å². The zero-order valence-electron chi connectivity index (χ0n) is 7.92. The third-order valence-corrected chi connectivity index (χ3v) is 2.52. The van der Waals surface area contributed by atoms with Gasteiger partial charge in [0.05, 0.1) is 5.60 Å². The van der Waals surface area contributed by atoms with E-state index < -0.39 is 5.60 Å². The first-order valence-electron chi connectivity index (χ1n) is 4.70. The molecule has 1 rings (SSSR count). The molecular formula is C10H18O2. The highest BCUT2D eigenvalue weighted by atomic mass is 16.3. The number of carbonyl (C=O) groups is 1. The van der Waals surface area contributed by atoms with Crippen molar-refractivity contribution in [3.63, 3.8) is 0 Å². The minimum atomic E-state index is -0.536. The lowest BCUT2D eigenvalue weighted by Gasteiger charge is -2.16. The fraction of sp³-hybridized carbons (Fsp3) is 0.900. The van der Waals surface area contributed by atoms with E-state index in [0.29, 0.717) is 11.8 Å². The van der Waals surface area contributed by atoms with Gasteiger partial charge in [0, 0.05) is 5.92 Å². The van der Waals surface area contributed by atoms with Crippen molar-refractivity contribution in [3.8, 4) is 0 Å². The molecule has 2 heteroatoms. The molecule has 0 aliphatic heterocycles. The Morgan fingerprint density at radius 2 is 2.25 bits per heavy atom. The molecule has 0 heterocycles. The molecule has 0 aromatic carbocycles. The van der Waals surface area contributed by atoms with Crippen molar-refractivity contribution >= 4 is 6.29 Å². The molecule has 0 spiro atoms. The van der Waals surface area contributed by atoms with Gasteiger partial charge >= 0.3 is 0 Å². The predicted molar refractivity (Wildman–Crippen MR) is 47.8 cm³/mol. The van der Waals surface area contributed by atoms with Crippen LogP contribution in [0.1, 0.15) is 39.5 Å². The highest BCUT2D eigenvalue weighted by Gasteiger charge is 2.35. The minimum Gasteiger partial charge on any atom is -0.390 e. The average molecular weight is 170 g/mol. The summed E-state index contributed by atoms with van der Waals surface area (Å²) < 4.78 is 0. The third kappa shape index (κ3) is 3.35. The van der Waals surface area contributed by atoms with Crippen LogP contribution in [0.2, 0.25) is 0 Å². The first kappa shape index (κ1) is 9.72. The van der Waals surface area contributed by atoms with Crippen LogP contribution in [-0.4, -0.2) is 17.0 Å². The molecule has 0 amide bonds. The number of aldehydes is 1. The fourth-order valence-corrected chi connectivity index (χ4v) is 1.57. The second-order valence-electron chi connectivity index (χ2n) is 4.50. The summed E-state index contributed by atoms with van der Waals surface area (Å²) in [5.74, 6) is 0.969. The van der Waals surface area contributed by atoms with E-state index in [0.717, 1.165) is 32.0 Å². The highest BCUT2D eigenvalue weighted by molar-refractivity contribution is 5.58. The van der Waals surface area contributed by atoms with E-state index in [-0.39, 0.29) is 0 Å². The Morgan fingerprint density at radius 1 is 1.58 bits per heavy atom. The third-order valence-electron chi connectivity index (χ3n) is 2.52. The van der Waals surface area contributed by atoms with E-state index in [1.165, 1.54) is 0 Å². The van der Waals surface area contributed by atoms with Gasteiger partial charge in [-0.15, -0.1) is 0 Å².